The van der Waals surface area contributed by atoms with E-state index in [2.05, 4.69) is 10.6 Å². The Morgan fingerprint density at radius 2 is 1.73 bits per heavy atom. The van der Waals surface area contributed by atoms with Crippen LogP contribution in [0.3, 0.4) is 0 Å². The third-order valence-corrected chi connectivity index (χ3v) is 6.90. The lowest BCUT2D eigenvalue weighted by Gasteiger charge is -2.23. The molecular weight excluding hydrogens is 380 g/mol. The number of aryl methyl sites for hydroxylation is 2. The van der Waals surface area contributed by atoms with Gasteiger partial charge in [0, 0.05) is 22.9 Å². The van der Waals surface area contributed by atoms with Gasteiger partial charge in [-0.1, -0.05) is 24.3 Å². The Labute approximate surface area is 175 Å². The second-order valence-electron chi connectivity index (χ2n) is 8.71. The monoisotopic (exact) mass is 404 g/mol. The fourth-order valence-electron chi connectivity index (χ4n) is 5.52. The van der Waals surface area contributed by atoms with Crippen molar-refractivity contribution in [3.8, 4) is 0 Å². The van der Waals surface area contributed by atoms with Crippen molar-refractivity contribution in [1.29, 1.82) is 0 Å². The topological polar surface area (TPSA) is 84.5 Å². The zero-order chi connectivity index (χ0) is 21.0. The largest absolute Gasteiger partial charge is 0.462 e. The number of rotatable bonds is 4. The van der Waals surface area contributed by atoms with Crippen LogP contribution in [0.4, 0.5) is 11.4 Å². The van der Waals surface area contributed by atoms with E-state index in [0.717, 1.165) is 29.7 Å². The average molecular weight is 404 g/mol. The third-order valence-electron chi connectivity index (χ3n) is 6.90. The van der Waals surface area contributed by atoms with Crippen molar-refractivity contribution in [2.75, 3.05) is 10.6 Å². The quantitative estimate of drug-likeness (QED) is 0.761. The highest BCUT2D eigenvalue weighted by molar-refractivity contribution is 6.06. The predicted octanol–water partition coefficient (Wildman–Crippen LogP) is 3.69. The lowest BCUT2D eigenvalue weighted by atomic mass is 9.79. The van der Waals surface area contributed by atoms with Gasteiger partial charge in [0.05, 0.1) is 11.8 Å². The van der Waals surface area contributed by atoms with Gasteiger partial charge in [-0.3, -0.25) is 14.4 Å². The van der Waals surface area contributed by atoms with E-state index >= 15 is 0 Å². The fraction of sp³-hybridized carbons (Fsp3) is 0.375. The maximum atomic E-state index is 13.0. The molecule has 5 rings (SSSR count). The molecular formula is C24H24N2O4. The molecule has 2 aromatic rings. The molecule has 3 fully saturated rings. The molecule has 6 heteroatoms. The van der Waals surface area contributed by atoms with E-state index in [1.54, 1.807) is 24.3 Å². The number of hydrogen-bond donors (Lipinski definition) is 2. The van der Waals surface area contributed by atoms with Crippen molar-refractivity contribution >= 4 is 29.2 Å². The summed E-state index contributed by atoms with van der Waals surface area (Å²) in [5.41, 5.74) is 3.80. The smallest absolute Gasteiger partial charge is 0.310 e. The van der Waals surface area contributed by atoms with Crippen molar-refractivity contribution in [3.63, 3.8) is 0 Å². The Hall–Kier alpha value is -3.15. The van der Waals surface area contributed by atoms with Crippen LogP contribution < -0.4 is 10.6 Å². The van der Waals surface area contributed by atoms with Crippen LogP contribution in [0.15, 0.2) is 42.5 Å². The molecule has 3 aliphatic rings. The normalized spacial score (nSPS) is 28.3. The maximum Gasteiger partial charge on any atom is 0.310 e. The van der Waals surface area contributed by atoms with Gasteiger partial charge >= 0.3 is 5.97 Å². The Morgan fingerprint density at radius 1 is 1.00 bits per heavy atom. The van der Waals surface area contributed by atoms with E-state index in [4.69, 9.17) is 4.74 Å². The number of fused-ring (bicyclic) bond motifs is 1. The van der Waals surface area contributed by atoms with E-state index in [1.165, 1.54) is 0 Å². The summed E-state index contributed by atoms with van der Waals surface area (Å²) in [7, 11) is 0. The van der Waals surface area contributed by atoms with E-state index in [-0.39, 0.29) is 47.6 Å². The maximum absolute atomic E-state index is 13.0. The lowest BCUT2D eigenvalue weighted by molar-refractivity contribution is -0.145. The molecule has 2 aromatic carbocycles. The van der Waals surface area contributed by atoms with E-state index in [0.29, 0.717) is 11.3 Å². The van der Waals surface area contributed by atoms with Gasteiger partial charge in [-0.2, -0.15) is 0 Å². The molecule has 0 spiro atoms. The Kier molecular flexibility index (Phi) is 4.38. The van der Waals surface area contributed by atoms with Crippen molar-refractivity contribution in [2.24, 2.45) is 23.7 Å². The summed E-state index contributed by atoms with van der Waals surface area (Å²) in [6, 6.07) is 12.8. The third kappa shape index (κ3) is 2.98. The van der Waals surface area contributed by atoms with Crippen molar-refractivity contribution in [3.05, 3.63) is 59.2 Å². The standard InChI is InChI=1S/C24H24N2O4/c1-12-5-3-6-13(2)21(12)26-22(27)14-7-4-8-16(9-14)25-23(28)19-15-10-17-18(11-15)30-24(29)20(17)19/h3-9,15,17-20H,10-11H2,1-2H3,(H,25,28)(H,26,27)/t15-,17+,18-,19-,20-/m1/s1. The summed E-state index contributed by atoms with van der Waals surface area (Å²) in [5, 5.41) is 5.89. The lowest BCUT2D eigenvalue weighted by Crippen LogP contribution is -2.35. The van der Waals surface area contributed by atoms with Crippen LogP contribution in [0, 0.1) is 37.5 Å². The van der Waals surface area contributed by atoms with Gasteiger partial charge in [-0.15, -0.1) is 0 Å². The molecule has 1 aliphatic heterocycles. The number of carbonyl (C=O) groups is 3. The number of esters is 1. The molecule has 0 unspecified atom stereocenters. The first-order chi connectivity index (χ1) is 14.4. The number of carbonyl (C=O) groups excluding carboxylic acids is 3. The van der Waals surface area contributed by atoms with Gasteiger partial charge in [0.2, 0.25) is 5.91 Å². The Morgan fingerprint density at radius 3 is 2.50 bits per heavy atom. The number of anilines is 2. The molecule has 6 nitrogen and oxygen atoms in total. The van der Waals surface area contributed by atoms with Crippen LogP contribution >= 0.6 is 0 Å². The summed E-state index contributed by atoms with van der Waals surface area (Å²) in [4.78, 5) is 37.9. The highest BCUT2D eigenvalue weighted by Gasteiger charge is 2.63. The van der Waals surface area contributed by atoms with E-state index in [1.807, 2.05) is 32.0 Å². The average Bonchev–Trinajstić information content (AvgIpc) is 3.33. The molecule has 30 heavy (non-hydrogen) atoms. The van der Waals surface area contributed by atoms with Crippen molar-refractivity contribution < 1.29 is 19.1 Å². The van der Waals surface area contributed by atoms with Gasteiger partial charge in [-0.25, -0.2) is 0 Å². The van der Waals surface area contributed by atoms with Crippen LogP contribution in [-0.2, 0) is 14.3 Å². The summed E-state index contributed by atoms with van der Waals surface area (Å²) < 4.78 is 5.42. The SMILES string of the molecule is Cc1cccc(C)c1NC(=O)c1cccc(NC(=O)[C@@H]2[C@@H]3C[C@@H]4[C@H]2C(=O)O[C@@H]4C3)c1. The molecule has 2 amide bonds. The minimum absolute atomic E-state index is 0.00785. The van der Waals surface area contributed by atoms with E-state index in [9.17, 15) is 14.4 Å². The molecule has 2 bridgehead atoms. The first kappa shape index (κ1) is 18.9. The first-order valence-electron chi connectivity index (χ1n) is 10.4. The number of amides is 2. The van der Waals surface area contributed by atoms with E-state index < -0.39 is 0 Å². The van der Waals surface area contributed by atoms with Crippen LogP contribution in [0.1, 0.15) is 34.3 Å². The highest BCUT2D eigenvalue weighted by Crippen LogP contribution is 2.57. The van der Waals surface area contributed by atoms with Crippen LogP contribution in [0.25, 0.3) is 0 Å². The zero-order valence-corrected chi connectivity index (χ0v) is 17.0. The number of nitrogens with one attached hydrogen (secondary N) is 2. The number of benzene rings is 2. The summed E-state index contributed by atoms with van der Waals surface area (Å²) in [6.45, 7) is 3.90. The second-order valence-corrected chi connectivity index (χ2v) is 8.71. The number of para-hydroxylation sites is 1. The van der Waals surface area contributed by atoms with Gasteiger partial charge in [-0.05, 0) is 61.9 Å². The molecule has 1 heterocycles. The minimum Gasteiger partial charge on any atom is -0.462 e. The molecule has 2 N–H and O–H groups in total. The molecule has 1 saturated heterocycles. The summed E-state index contributed by atoms with van der Waals surface area (Å²) >= 11 is 0. The molecule has 0 radical (unpaired) electrons. The summed E-state index contributed by atoms with van der Waals surface area (Å²) in [6.07, 6.45) is 1.68. The van der Waals surface area contributed by atoms with Gasteiger partial charge < -0.3 is 15.4 Å². The number of hydrogen-bond acceptors (Lipinski definition) is 4. The molecule has 5 atom stereocenters. The van der Waals surface area contributed by atoms with Gasteiger partial charge in [0.15, 0.2) is 0 Å². The Bertz CT molecular complexity index is 1040. The van der Waals surface area contributed by atoms with Gasteiger partial charge in [0.1, 0.15) is 6.10 Å². The first-order valence-corrected chi connectivity index (χ1v) is 10.4. The predicted molar refractivity (Wildman–Crippen MR) is 112 cm³/mol. The molecule has 154 valence electrons. The molecule has 2 aliphatic carbocycles. The fourth-order valence-corrected chi connectivity index (χ4v) is 5.52. The zero-order valence-electron chi connectivity index (χ0n) is 17.0. The van der Waals surface area contributed by atoms with Crippen molar-refractivity contribution in [2.45, 2.75) is 32.8 Å². The van der Waals surface area contributed by atoms with Gasteiger partial charge in [0.25, 0.3) is 5.91 Å². The number of ether oxygens (including phenoxy) is 1. The molecule has 2 saturated carbocycles. The van der Waals surface area contributed by atoms with Crippen LogP contribution in [0.2, 0.25) is 0 Å². The van der Waals surface area contributed by atoms with Crippen LogP contribution in [0.5, 0.6) is 0 Å². The van der Waals surface area contributed by atoms with Crippen LogP contribution in [-0.4, -0.2) is 23.9 Å². The minimum atomic E-state index is -0.339. The second kappa shape index (κ2) is 6.97. The Balaban J connectivity index is 1.31. The highest BCUT2D eigenvalue weighted by atomic mass is 16.6. The van der Waals surface area contributed by atoms with Crippen molar-refractivity contribution in [1.82, 2.24) is 0 Å². The summed E-state index contributed by atoms with van der Waals surface area (Å²) in [5.74, 6) is -0.882. The molecule has 0 aromatic heterocycles.